The molecule has 1 saturated heterocycles. The summed E-state index contributed by atoms with van der Waals surface area (Å²) in [6.45, 7) is 2.42. The lowest BCUT2D eigenvalue weighted by atomic mass is 10.3. The Balaban J connectivity index is 1.55. The lowest BCUT2D eigenvalue weighted by Gasteiger charge is -2.36. The van der Waals surface area contributed by atoms with Crippen LogP contribution in [0.1, 0.15) is 5.82 Å². The summed E-state index contributed by atoms with van der Waals surface area (Å²) < 4.78 is 39.7. The van der Waals surface area contributed by atoms with E-state index >= 15 is 0 Å². The molecule has 0 unspecified atom stereocenters. The molecule has 7 nitrogen and oxygen atoms in total. The maximum absolute atomic E-state index is 13.0. The van der Waals surface area contributed by atoms with Gasteiger partial charge in [0.2, 0.25) is 0 Å². The standard InChI is InChI=1S/C15H13ClF3N7/c16-10-2-1-5-20-13(10)25-8-6-24(7-9-25)12-4-3-11-21-22-14(15(17,18)19)26(11)23-12/h1-5H,6-9H2. The molecule has 11 heteroatoms. The summed E-state index contributed by atoms with van der Waals surface area (Å²) in [5, 5.41) is 11.4. The van der Waals surface area contributed by atoms with Gasteiger partial charge in [0, 0.05) is 32.4 Å². The molecule has 0 aliphatic carbocycles. The van der Waals surface area contributed by atoms with Crippen molar-refractivity contribution in [3.63, 3.8) is 0 Å². The fourth-order valence-corrected chi connectivity index (χ4v) is 3.12. The van der Waals surface area contributed by atoms with Crippen molar-refractivity contribution in [2.45, 2.75) is 6.18 Å². The van der Waals surface area contributed by atoms with Crippen LogP contribution in [0.3, 0.4) is 0 Å². The molecule has 0 N–H and O–H groups in total. The molecule has 0 amide bonds. The van der Waals surface area contributed by atoms with E-state index < -0.39 is 12.0 Å². The first-order valence-corrected chi connectivity index (χ1v) is 8.21. The normalized spacial score (nSPS) is 15.7. The van der Waals surface area contributed by atoms with E-state index in [1.165, 1.54) is 6.07 Å². The van der Waals surface area contributed by atoms with E-state index in [2.05, 4.69) is 20.3 Å². The Bertz CT molecular complexity index is 934. The lowest BCUT2D eigenvalue weighted by molar-refractivity contribution is -0.146. The highest BCUT2D eigenvalue weighted by molar-refractivity contribution is 6.32. The van der Waals surface area contributed by atoms with Crippen LogP contribution in [0.4, 0.5) is 24.8 Å². The van der Waals surface area contributed by atoms with Crippen LogP contribution < -0.4 is 9.80 Å². The van der Waals surface area contributed by atoms with Gasteiger partial charge in [-0.25, -0.2) is 4.98 Å². The molecular formula is C15H13ClF3N7. The minimum Gasteiger partial charge on any atom is -0.352 e. The van der Waals surface area contributed by atoms with Crippen molar-refractivity contribution < 1.29 is 13.2 Å². The zero-order valence-electron chi connectivity index (χ0n) is 13.4. The Morgan fingerprint density at radius 2 is 1.69 bits per heavy atom. The van der Waals surface area contributed by atoms with Crippen LogP contribution in [0.5, 0.6) is 0 Å². The molecule has 0 radical (unpaired) electrons. The number of alkyl halides is 3. The van der Waals surface area contributed by atoms with E-state index in [4.69, 9.17) is 11.6 Å². The highest BCUT2D eigenvalue weighted by Crippen LogP contribution is 2.28. The molecule has 1 aliphatic rings. The number of aromatic nitrogens is 5. The summed E-state index contributed by atoms with van der Waals surface area (Å²) in [6.07, 6.45) is -2.94. The van der Waals surface area contributed by atoms with Crippen molar-refractivity contribution in [3.8, 4) is 0 Å². The molecule has 3 aromatic rings. The Labute approximate surface area is 151 Å². The van der Waals surface area contributed by atoms with Crippen molar-refractivity contribution >= 4 is 28.9 Å². The van der Waals surface area contributed by atoms with Crippen LogP contribution in [0.25, 0.3) is 5.65 Å². The largest absolute Gasteiger partial charge is 0.453 e. The third kappa shape index (κ3) is 3.00. The van der Waals surface area contributed by atoms with E-state index in [-0.39, 0.29) is 5.65 Å². The van der Waals surface area contributed by atoms with Crippen molar-refractivity contribution in [2.24, 2.45) is 0 Å². The highest BCUT2D eigenvalue weighted by atomic mass is 35.5. The quantitative estimate of drug-likeness (QED) is 0.677. The maximum atomic E-state index is 13.0. The number of hydrogen-bond donors (Lipinski definition) is 0. The van der Waals surface area contributed by atoms with Crippen molar-refractivity contribution in [3.05, 3.63) is 41.3 Å². The van der Waals surface area contributed by atoms with Crippen LogP contribution >= 0.6 is 11.6 Å². The lowest BCUT2D eigenvalue weighted by Crippen LogP contribution is -2.47. The summed E-state index contributed by atoms with van der Waals surface area (Å²) >= 11 is 6.17. The third-order valence-electron chi connectivity index (χ3n) is 4.14. The second-order valence-electron chi connectivity index (χ2n) is 5.77. The molecule has 0 aromatic carbocycles. The fraction of sp³-hybridized carbons (Fsp3) is 0.333. The average Bonchev–Trinajstić information content (AvgIpc) is 3.06. The number of pyridine rings is 1. The first-order chi connectivity index (χ1) is 12.4. The van der Waals surface area contributed by atoms with Gasteiger partial charge in [-0.3, -0.25) is 0 Å². The predicted octanol–water partition coefficient (Wildman–Crippen LogP) is 2.52. The maximum Gasteiger partial charge on any atom is 0.453 e. The topological polar surface area (TPSA) is 62.5 Å². The number of anilines is 2. The van der Waals surface area contributed by atoms with Crippen LogP contribution in [0.2, 0.25) is 5.02 Å². The van der Waals surface area contributed by atoms with Crippen molar-refractivity contribution in [2.75, 3.05) is 36.0 Å². The summed E-state index contributed by atoms with van der Waals surface area (Å²) in [4.78, 5) is 8.24. The molecule has 4 rings (SSSR count). The number of nitrogens with zero attached hydrogens (tertiary/aromatic N) is 7. The number of halogens is 4. The van der Waals surface area contributed by atoms with Gasteiger partial charge in [-0.15, -0.1) is 15.3 Å². The van der Waals surface area contributed by atoms with Gasteiger partial charge >= 0.3 is 6.18 Å². The van der Waals surface area contributed by atoms with Crippen LogP contribution in [0, 0.1) is 0 Å². The molecule has 4 heterocycles. The number of rotatable bonds is 2. The molecule has 0 spiro atoms. The second-order valence-corrected chi connectivity index (χ2v) is 6.17. The van der Waals surface area contributed by atoms with E-state index in [0.717, 1.165) is 4.52 Å². The molecule has 26 heavy (non-hydrogen) atoms. The summed E-state index contributed by atoms with van der Waals surface area (Å²) in [6, 6.07) is 6.66. The first-order valence-electron chi connectivity index (χ1n) is 7.83. The van der Waals surface area contributed by atoms with Crippen molar-refractivity contribution in [1.82, 2.24) is 24.8 Å². The minimum atomic E-state index is -4.61. The van der Waals surface area contributed by atoms with E-state index in [1.807, 2.05) is 9.80 Å². The molecule has 136 valence electrons. The zero-order chi connectivity index (χ0) is 18.3. The molecule has 0 saturated carbocycles. The van der Waals surface area contributed by atoms with Gasteiger partial charge in [-0.05, 0) is 24.3 Å². The van der Waals surface area contributed by atoms with Gasteiger partial charge in [0.25, 0.3) is 5.82 Å². The van der Waals surface area contributed by atoms with Crippen LogP contribution in [0.15, 0.2) is 30.5 Å². The number of hydrogen-bond acceptors (Lipinski definition) is 6. The second kappa shape index (κ2) is 6.27. The monoisotopic (exact) mass is 383 g/mol. The van der Waals surface area contributed by atoms with Gasteiger partial charge in [-0.1, -0.05) is 11.6 Å². The molecule has 3 aromatic heterocycles. The van der Waals surface area contributed by atoms with Gasteiger partial charge < -0.3 is 9.80 Å². The number of piperazine rings is 1. The first kappa shape index (κ1) is 16.8. The summed E-state index contributed by atoms with van der Waals surface area (Å²) in [5.74, 6) is 0.0122. The Morgan fingerprint density at radius 3 is 2.38 bits per heavy atom. The van der Waals surface area contributed by atoms with E-state index in [0.29, 0.717) is 42.8 Å². The molecule has 0 atom stereocenters. The molecule has 0 bridgehead atoms. The van der Waals surface area contributed by atoms with Gasteiger partial charge in [0.15, 0.2) is 5.65 Å². The summed E-state index contributed by atoms with van der Waals surface area (Å²) in [5.41, 5.74) is 0.0555. The third-order valence-corrected chi connectivity index (χ3v) is 4.44. The fourth-order valence-electron chi connectivity index (χ4n) is 2.88. The van der Waals surface area contributed by atoms with Gasteiger partial charge in [0.1, 0.15) is 11.6 Å². The molecular weight excluding hydrogens is 371 g/mol. The van der Waals surface area contributed by atoms with Gasteiger partial charge in [0.05, 0.1) is 5.02 Å². The summed E-state index contributed by atoms with van der Waals surface area (Å²) in [7, 11) is 0. The number of fused-ring (bicyclic) bond motifs is 1. The van der Waals surface area contributed by atoms with E-state index in [1.54, 1.807) is 24.4 Å². The Morgan fingerprint density at radius 1 is 0.962 bits per heavy atom. The Hall–Kier alpha value is -2.62. The SMILES string of the molecule is FC(F)(F)c1nnc2ccc(N3CCN(c4ncccc4Cl)CC3)nn12. The highest BCUT2D eigenvalue weighted by Gasteiger charge is 2.37. The molecule has 1 fully saturated rings. The minimum absolute atomic E-state index is 0.0555. The predicted molar refractivity (Wildman–Crippen MR) is 89.5 cm³/mol. The Kier molecular flexibility index (Phi) is 4.06. The van der Waals surface area contributed by atoms with E-state index in [9.17, 15) is 13.2 Å². The average molecular weight is 384 g/mol. The zero-order valence-corrected chi connectivity index (χ0v) is 14.1. The molecule has 1 aliphatic heterocycles. The van der Waals surface area contributed by atoms with Crippen LogP contribution in [-0.4, -0.2) is 51.0 Å². The van der Waals surface area contributed by atoms with Crippen molar-refractivity contribution in [1.29, 1.82) is 0 Å². The van der Waals surface area contributed by atoms with Crippen LogP contribution in [-0.2, 0) is 6.18 Å². The smallest absolute Gasteiger partial charge is 0.352 e. The van der Waals surface area contributed by atoms with Gasteiger partial charge in [-0.2, -0.15) is 17.7 Å².